The average molecular weight is 181 g/mol. The molecule has 0 rings (SSSR count). The van der Waals surface area contributed by atoms with E-state index in [2.05, 4.69) is 5.32 Å². The molecule has 0 atom stereocenters. The molecule has 0 saturated carbocycles. The zero-order chi connectivity index (χ0) is 9.07. The van der Waals surface area contributed by atoms with Crippen molar-refractivity contribution in [3.63, 3.8) is 0 Å². The van der Waals surface area contributed by atoms with E-state index in [4.69, 9.17) is 9.79 Å². The third-order valence-electron chi connectivity index (χ3n) is 0.984. The van der Waals surface area contributed by atoms with Gasteiger partial charge in [-0.25, -0.2) is 0 Å². The van der Waals surface area contributed by atoms with Gasteiger partial charge in [0.05, 0.1) is 0 Å². The Morgan fingerprint density at radius 1 is 1.55 bits per heavy atom. The summed E-state index contributed by atoms with van der Waals surface area (Å²) in [4.78, 5) is 27.4. The zero-order valence-electron chi connectivity index (χ0n) is 6.44. The lowest BCUT2D eigenvalue weighted by Crippen LogP contribution is -2.28. The monoisotopic (exact) mass is 181 g/mol. The topological polar surface area (TPSA) is 86.6 Å². The van der Waals surface area contributed by atoms with Gasteiger partial charge in [0.2, 0.25) is 5.91 Å². The van der Waals surface area contributed by atoms with E-state index in [1.54, 1.807) is 13.8 Å². The molecule has 0 unspecified atom stereocenters. The van der Waals surface area contributed by atoms with E-state index in [0.29, 0.717) is 0 Å². The van der Waals surface area contributed by atoms with Crippen molar-refractivity contribution in [2.45, 2.75) is 13.8 Å². The molecule has 3 N–H and O–H groups in total. The molecule has 0 aliphatic rings. The number of amides is 1. The highest BCUT2D eigenvalue weighted by Crippen LogP contribution is 2.31. The van der Waals surface area contributed by atoms with Gasteiger partial charge in [-0.1, -0.05) is 13.8 Å². The third-order valence-corrected chi connectivity index (χ3v) is 1.55. The van der Waals surface area contributed by atoms with Crippen molar-refractivity contribution in [2.24, 2.45) is 5.92 Å². The molecule has 66 valence electrons. The van der Waals surface area contributed by atoms with Gasteiger partial charge >= 0.3 is 7.60 Å². The molecule has 0 aromatic rings. The third kappa shape index (κ3) is 6.04. The first-order valence-electron chi connectivity index (χ1n) is 3.15. The Kier molecular flexibility index (Phi) is 3.72. The van der Waals surface area contributed by atoms with Crippen molar-refractivity contribution in [3.05, 3.63) is 0 Å². The summed E-state index contributed by atoms with van der Waals surface area (Å²) >= 11 is 0. The summed E-state index contributed by atoms with van der Waals surface area (Å²) in [5, 5.41) is 2.12. The molecule has 0 heterocycles. The Hall–Kier alpha value is -0.380. The van der Waals surface area contributed by atoms with Crippen molar-refractivity contribution in [2.75, 3.05) is 6.29 Å². The predicted octanol–water partition coefficient (Wildman–Crippen LogP) is -0.106. The van der Waals surface area contributed by atoms with Gasteiger partial charge in [0.15, 0.2) is 0 Å². The molecule has 6 heteroatoms. The number of nitrogens with one attached hydrogen (secondary N) is 1. The van der Waals surface area contributed by atoms with Gasteiger partial charge in [0, 0.05) is 5.92 Å². The number of hydrogen-bond acceptors (Lipinski definition) is 2. The van der Waals surface area contributed by atoms with E-state index in [0.717, 1.165) is 0 Å². The fourth-order valence-corrected chi connectivity index (χ4v) is 0.747. The van der Waals surface area contributed by atoms with E-state index in [1.165, 1.54) is 0 Å². The van der Waals surface area contributed by atoms with E-state index in [1.807, 2.05) is 0 Å². The first-order chi connectivity index (χ1) is 4.83. The fraction of sp³-hybridized carbons (Fsp3) is 0.800. The van der Waals surface area contributed by atoms with Crippen LogP contribution in [-0.2, 0) is 9.36 Å². The van der Waals surface area contributed by atoms with Crippen molar-refractivity contribution in [1.82, 2.24) is 5.32 Å². The molecule has 1 amide bonds. The summed E-state index contributed by atoms with van der Waals surface area (Å²) < 4.78 is 10.2. The largest absolute Gasteiger partial charge is 0.344 e. The lowest BCUT2D eigenvalue weighted by molar-refractivity contribution is -0.123. The summed E-state index contributed by atoms with van der Waals surface area (Å²) in [6.07, 6.45) is -0.579. The van der Waals surface area contributed by atoms with Crippen LogP contribution < -0.4 is 5.32 Å². The summed E-state index contributed by atoms with van der Waals surface area (Å²) in [6, 6.07) is 0. The van der Waals surface area contributed by atoms with Gasteiger partial charge in [-0.15, -0.1) is 0 Å². The number of rotatable bonds is 3. The van der Waals surface area contributed by atoms with Crippen LogP contribution in [0.1, 0.15) is 13.8 Å². The summed E-state index contributed by atoms with van der Waals surface area (Å²) in [5.41, 5.74) is 0. The van der Waals surface area contributed by atoms with Gasteiger partial charge in [0.1, 0.15) is 6.29 Å². The second kappa shape index (κ2) is 3.85. The second-order valence-electron chi connectivity index (χ2n) is 2.52. The van der Waals surface area contributed by atoms with E-state index in [9.17, 15) is 9.36 Å². The van der Waals surface area contributed by atoms with Crippen molar-refractivity contribution < 1.29 is 19.1 Å². The van der Waals surface area contributed by atoms with Crippen LogP contribution in [0.5, 0.6) is 0 Å². The molecule has 0 radical (unpaired) electrons. The van der Waals surface area contributed by atoms with Crippen molar-refractivity contribution in [3.8, 4) is 0 Å². The maximum atomic E-state index is 10.7. The molecule has 11 heavy (non-hydrogen) atoms. The Morgan fingerprint density at radius 3 is 2.27 bits per heavy atom. The average Bonchev–Trinajstić information content (AvgIpc) is 1.80. The molecular weight excluding hydrogens is 169 g/mol. The van der Waals surface area contributed by atoms with E-state index >= 15 is 0 Å². The van der Waals surface area contributed by atoms with Crippen LogP contribution in [0.4, 0.5) is 0 Å². The van der Waals surface area contributed by atoms with E-state index in [-0.39, 0.29) is 11.8 Å². The van der Waals surface area contributed by atoms with Crippen LogP contribution in [0.25, 0.3) is 0 Å². The standard InChI is InChI=1S/C5H12NO4P/c1-4(2)5(7)6-3-11(8,9)10/h4H,3H2,1-2H3,(H,6,7)(H2,8,9,10). The second-order valence-corrected chi connectivity index (χ2v) is 4.16. The van der Waals surface area contributed by atoms with E-state index < -0.39 is 13.9 Å². The number of carbonyl (C=O) groups is 1. The Balaban J connectivity index is 3.73. The maximum absolute atomic E-state index is 10.7. The maximum Gasteiger partial charge on any atom is 0.344 e. The molecule has 0 aliphatic heterocycles. The lowest BCUT2D eigenvalue weighted by Gasteiger charge is -2.07. The fourth-order valence-electron chi connectivity index (χ4n) is 0.385. The van der Waals surface area contributed by atoms with Gasteiger partial charge in [0.25, 0.3) is 0 Å². The van der Waals surface area contributed by atoms with Gasteiger partial charge in [-0.2, -0.15) is 0 Å². The highest BCUT2D eigenvalue weighted by atomic mass is 31.2. The van der Waals surface area contributed by atoms with Crippen molar-refractivity contribution >= 4 is 13.5 Å². The van der Waals surface area contributed by atoms with Crippen LogP contribution in [-0.4, -0.2) is 22.0 Å². The molecule has 5 nitrogen and oxygen atoms in total. The first kappa shape index (κ1) is 10.6. The molecule has 0 aromatic carbocycles. The molecule has 0 fully saturated rings. The molecule has 0 spiro atoms. The van der Waals surface area contributed by atoms with Gasteiger partial charge < -0.3 is 15.1 Å². The lowest BCUT2D eigenvalue weighted by atomic mass is 10.2. The minimum atomic E-state index is -4.09. The normalized spacial score (nSPS) is 11.7. The zero-order valence-corrected chi connectivity index (χ0v) is 7.34. The SMILES string of the molecule is CC(C)C(=O)NCP(=O)(O)O. The van der Waals surface area contributed by atoms with Crippen LogP contribution in [0.2, 0.25) is 0 Å². The first-order valence-corrected chi connectivity index (χ1v) is 4.95. The quantitative estimate of drug-likeness (QED) is 0.530. The Morgan fingerprint density at radius 2 is 2.00 bits per heavy atom. The van der Waals surface area contributed by atoms with Crippen LogP contribution in [0.3, 0.4) is 0 Å². The number of carbonyl (C=O) groups excluding carboxylic acids is 1. The summed E-state index contributed by atoms with van der Waals surface area (Å²) in [6.45, 7) is 3.30. The molecule has 0 saturated heterocycles. The van der Waals surface area contributed by atoms with Gasteiger partial charge in [-0.3, -0.25) is 9.36 Å². The Labute approximate surface area is 65.0 Å². The summed E-state index contributed by atoms with van der Waals surface area (Å²) in [5.74, 6) is -0.602. The predicted molar refractivity (Wildman–Crippen MR) is 39.9 cm³/mol. The van der Waals surface area contributed by atoms with Crippen LogP contribution in [0, 0.1) is 5.92 Å². The molecule has 0 aromatic heterocycles. The minimum absolute atomic E-state index is 0.249. The molecule has 0 bridgehead atoms. The minimum Gasteiger partial charge on any atom is -0.344 e. The van der Waals surface area contributed by atoms with Crippen LogP contribution >= 0.6 is 7.60 Å². The highest BCUT2D eigenvalue weighted by Gasteiger charge is 2.15. The number of hydrogen-bond donors (Lipinski definition) is 3. The van der Waals surface area contributed by atoms with Crippen LogP contribution in [0.15, 0.2) is 0 Å². The Bertz CT molecular complexity index is 185. The summed E-state index contributed by atoms with van der Waals surface area (Å²) in [7, 11) is -4.09. The van der Waals surface area contributed by atoms with Gasteiger partial charge in [-0.05, 0) is 0 Å². The smallest absolute Gasteiger partial charge is 0.344 e. The molecule has 0 aliphatic carbocycles. The highest BCUT2D eigenvalue weighted by molar-refractivity contribution is 7.51. The molecular formula is C5H12NO4P. The van der Waals surface area contributed by atoms with Crippen molar-refractivity contribution in [1.29, 1.82) is 0 Å².